The Labute approximate surface area is 128 Å². The zero-order valence-corrected chi connectivity index (χ0v) is 12.5. The molecular formula is C16H14Cl2N2. The molecule has 0 bridgehead atoms. The summed E-state index contributed by atoms with van der Waals surface area (Å²) in [5.74, 6) is 0. The topological polar surface area (TPSA) is 35.8 Å². The maximum absolute atomic E-state index is 8.81. The molecule has 0 spiro atoms. The monoisotopic (exact) mass is 304 g/mol. The molecule has 0 aliphatic heterocycles. The van der Waals surface area contributed by atoms with Crippen LogP contribution in [0.2, 0.25) is 10.0 Å². The van der Waals surface area contributed by atoms with Crippen LogP contribution < -0.4 is 5.32 Å². The molecule has 1 atom stereocenters. The van der Waals surface area contributed by atoms with Gasteiger partial charge in [-0.3, -0.25) is 0 Å². The van der Waals surface area contributed by atoms with Crippen molar-refractivity contribution in [2.45, 2.75) is 19.5 Å². The molecule has 0 amide bonds. The van der Waals surface area contributed by atoms with E-state index in [9.17, 15) is 0 Å². The maximum atomic E-state index is 8.81. The number of nitrogens with zero attached hydrogens (tertiary/aromatic N) is 1. The van der Waals surface area contributed by atoms with E-state index in [2.05, 4.69) is 18.3 Å². The second-order valence-electron chi connectivity index (χ2n) is 4.54. The minimum absolute atomic E-state index is 0.121. The van der Waals surface area contributed by atoms with Gasteiger partial charge in [0.05, 0.1) is 11.6 Å². The molecule has 20 heavy (non-hydrogen) atoms. The van der Waals surface area contributed by atoms with Gasteiger partial charge in [0.25, 0.3) is 0 Å². The Balaban J connectivity index is 2.06. The summed E-state index contributed by atoms with van der Waals surface area (Å²) in [5, 5.41) is 13.5. The van der Waals surface area contributed by atoms with Crippen LogP contribution in [0.15, 0.2) is 42.5 Å². The van der Waals surface area contributed by atoms with Gasteiger partial charge in [0.1, 0.15) is 0 Å². The van der Waals surface area contributed by atoms with Gasteiger partial charge in [-0.25, -0.2) is 0 Å². The number of hydrogen-bond donors (Lipinski definition) is 1. The van der Waals surface area contributed by atoms with E-state index in [1.54, 1.807) is 12.1 Å². The summed E-state index contributed by atoms with van der Waals surface area (Å²) in [6.07, 6.45) is 0. The van der Waals surface area contributed by atoms with Crippen LogP contribution in [0.1, 0.15) is 29.7 Å². The Kier molecular flexibility index (Phi) is 5.03. The summed E-state index contributed by atoms with van der Waals surface area (Å²) in [6, 6.07) is 15.3. The van der Waals surface area contributed by atoms with Gasteiger partial charge >= 0.3 is 0 Å². The van der Waals surface area contributed by atoms with Gasteiger partial charge in [-0.05, 0) is 36.2 Å². The summed E-state index contributed by atoms with van der Waals surface area (Å²) >= 11 is 12.3. The highest BCUT2D eigenvalue weighted by atomic mass is 35.5. The van der Waals surface area contributed by atoms with Gasteiger partial charge in [-0.1, -0.05) is 47.5 Å². The van der Waals surface area contributed by atoms with E-state index in [0.717, 1.165) is 16.1 Å². The highest BCUT2D eigenvalue weighted by Crippen LogP contribution is 2.23. The molecule has 2 aromatic carbocycles. The first-order chi connectivity index (χ1) is 9.61. The van der Waals surface area contributed by atoms with Gasteiger partial charge in [0.2, 0.25) is 0 Å². The lowest BCUT2D eigenvalue weighted by atomic mass is 10.1. The second-order valence-corrected chi connectivity index (χ2v) is 5.36. The van der Waals surface area contributed by atoms with Crippen molar-refractivity contribution in [3.8, 4) is 6.07 Å². The Morgan fingerprint density at radius 2 is 1.90 bits per heavy atom. The number of benzene rings is 2. The lowest BCUT2D eigenvalue weighted by Crippen LogP contribution is -2.18. The molecule has 0 heterocycles. The fraction of sp³-hybridized carbons (Fsp3) is 0.188. The largest absolute Gasteiger partial charge is 0.306 e. The molecule has 0 radical (unpaired) electrons. The van der Waals surface area contributed by atoms with E-state index < -0.39 is 0 Å². The van der Waals surface area contributed by atoms with E-state index in [-0.39, 0.29) is 6.04 Å². The molecule has 0 aromatic heterocycles. The average Bonchev–Trinajstić information content (AvgIpc) is 2.46. The van der Waals surface area contributed by atoms with E-state index in [1.165, 1.54) is 0 Å². The molecule has 0 saturated carbocycles. The zero-order valence-electron chi connectivity index (χ0n) is 11.0. The third-order valence-corrected chi connectivity index (χ3v) is 3.85. The fourth-order valence-electron chi connectivity index (χ4n) is 1.96. The average molecular weight is 305 g/mol. The van der Waals surface area contributed by atoms with Crippen LogP contribution in [0.25, 0.3) is 0 Å². The van der Waals surface area contributed by atoms with Crippen molar-refractivity contribution < 1.29 is 0 Å². The number of hydrogen-bond acceptors (Lipinski definition) is 2. The Bertz CT molecular complexity index is 647. The van der Waals surface area contributed by atoms with E-state index >= 15 is 0 Å². The molecule has 1 N–H and O–H groups in total. The van der Waals surface area contributed by atoms with Crippen LogP contribution in [0.5, 0.6) is 0 Å². The summed E-state index contributed by atoms with van der Waals surface area (Å²) in [4.78, 5) is 0. The van der Waals surface area contributed by atoms with Gasteiger partial charge in [0.15, 0.2) is 0 Å². The Morgan fingerprint density at radius 1 is 1.15 bits per heavy atom. The molecule has 0 aliphatic rings. The number of halogens is 2. The van der Waals surface area contributed by atoms with E-state index in [1.807, 2.05) is 30.3 Å². The van der Waals surface area contributed by atoms with E-state index in [0.29, 0.717) is 17.1 Å². The molecule has 0 aliphatic carbocycles. The second kappa shape index (κ2) is 6.76. The molecule has 0 unspecified atom stereocenters. The van der Waals surface area contributed by atoms with Crippen LogP contribution in [-0.2, 0) is 6.54 Å². The molecule has 102 valence electrons. The van der Waals surface area contributed by atoms with Crippen LogP contribution in [0.4, 0.5) is 0 Å². The quantitative estimate of drug-likeness (QED) is 0.887. The summed E-state index contributed by atoms with van der Waals surface area (Å²) < 4.78 is 0. The number of nitrogens with one attached hydrogen (secondary N) is 1. The SMILES string of the molecule is C[C@H](NCc1ccc(C#N)cc1Cl)c1ccccc1Cl. The standard InChI is InChI=1S/C16H14Cl2N2/c1-11(14-4-2-3-5-15(14)17)20-10-13-7-6-12(9-19)8-16(13)18/h2-8,11,20H,10H2,1H3/t11-/m0/s1. The van der Waals surface area contributed by atoms with Crippen molar-refractivity contribution in [1.82, 2.24) is 5.32 Å². The minimum atomic E-state index is 0.121. The van der Waals surface area contributed by atoms with Gasteiger partial charge in [-0.15, -0.1) is 0 Å². The van der Waals surface area contributed by atoms with Crippen LogP contribution >= 0.6 is 23.2 Å². The maximum Gasteiger partial charge on any atom is 0.0992 e. The van der Waals surface area contributed by atoms with Gasteiger partial charge in [-0.2, -0.15) is 5.26 Å². The van der Waals surface area contributed by atoms with E-state index in [4.69, 9.17) is 28.5 Å². The first kappa shape index (κ1) is 14.9. The summed E-state index contributed by atoms with van der Waals surface area (Å²) in [5.41, 5.74) is 2.58. The third kappa shape index (κ3) is 3.52. The molecule has 0 saturated heterocycles. The summed E-state index contributed by atoms with van der Waals surface area (Å²) in [6.45, 7) is 2.68. The number of nitriles is 1. The zero-order chi connectivity index (χ0) is 14.5. The molecule has 2 rings (SSSR count). The fourth-order valence-corrected chi connectivity index (χ4v) is 2.51. The summed E-state index contributed by atoms with van der Waals surface area (Å²) in [7, 11) is 0. The first-order valence-electron chi connectivity index (χ1n) is 6.28. The molecule has 0 fully saturated rings. The predicted octanol–water partition coefficient (Wildman–Crippen LogP) is 4.72. The van der Waals surface area contributed by atoms with Crippen molar-refractivity contribution in [1.29, 1.82) is 5.26 Å². The normalized spacial score (nSPS) is 11.9. The lowest BCUT2D eigenvalue weighted by Gasteiger charge is -2.16. The molecular weight excluding hydrogens is 291 g/mol. The highest BCUT2D eigenvalue weighted by molar-refractivity contribution is 6.31. The smallest absolute Gasteiger partial charge is 0.0992 e. The van der Waals surface area contributed by atoms with Gasteiger partial charge < -0.3 is 5.32 Å². The molecule has 4 heteroatoms. The highest BCUT2D eigenvalue weighted by Gasteiger charge is 2.09. The van der Waals surface area contributed by atoms with Crippen molar-refractivity contribution >= 4 is 23.2 Å². The van der Waals surface area contributed by atoms with Crippen LogP contribution in [0, 0.1) is 11.3 Å². The predicted molar refractivity (Wildman–Crippen MR) is 82.9 cm³/mol. The van der Waals surface area contributed by atoms with Crippen molar-refractivity contribution in [3.63, 3.8) is 0 Å². The van der Waals surface area contributed by atoms with Gasteiger partial charge in [0, 0.05) is 22.6 Å². The molecule has 2 nitrogen and oxygen atoms in total. The van der Waals surface area contributed by atoms with Crippen LogP contribution in [-0.4, -0.2) is 0 Å². The lowest BCUT2D eigenvalue weighted by molar-refractivity contribution is 0.575. The Morgan fingerprint density at radius 3 is 2.55 bits per heavy atom. The van der Waals surface area contributed by atoms with Crippen molar-refractivity contribution in [2.75, 3.05) is 0 Å². The molecule has 2 aromatic rings. The first-order valence-corrected chi connectivity index (χ1v) is 7.03. The van der Waals surface area contributed by atoms with Crippen molar-refractivity contribution in [3.05, 3.63) is 69.2 Å². The Hall–Kier alpha value is -1.53. The number of rotatable bonds is 4. The minimum Gasteiger partial charge on any atom is -0.306 e. The van der Waals surface area contributed by atoms with Crippen molar-refractivity contribution in [2.24, 2.45) is 0 Å². The third-order valence-electron chi connectivity index (χ3n) is 3.15. The van der Waals surface area contributed by atoms with Crippen LogP contribution in [0.3, 0.4) is 0 Å².